The molecule has 29 heavy (non-hydrogen) atoms. The molecule has 0 spiro atoms. The Morgan fingerprint density at radius 2 is 1.69 bits per heavy atom. The number of benzene rings is 1. The van der Waals surface area contributed by atoms with Crippen LogP contribution in [0, 0.1) is 6.92 Å². The van der Waals surface area contributed by atoms with E-state index in [4.69, 9.17) is 25.0 Å². The Bertz CT molecular complexity index is 844. The van der Waals surface area contributed by atoms with Crippen LogP contribution in [0.4, 0.5) is 8.78 Å². The predicted molar refractivity (Wildman–Crippen MR) is 102 cm³/mol. The number of carbonyl (C=O) groups excluding carboxylic acids is 2. The number of unbranched alkanes of at least 4 members (excludes halogenated alkanes) is 1. The molecule has 0 unspecified atom stereocenters. The van der Waals surface area contributed by atoms with Crippen LogP contribution in [-0.4, -0.2) is 52.5 Å². The van der Waals surface area contributed by atoms with Crippen molar-refractivity contribution in [3.63, 3.8) is 0 Å². The lowest BCUT2D eigenvalue weighted by Gasteiger charge is -2.14. The topological polar surface area (TPSA) is 107 Å². The Balaban J connectivity index is 2.44. The zero-order valence-corrected chi connectivity index (χ0v) is 16.6. The summed E-state index contributed by atoms with van der Waals surface area (Å²) in [5, 5.41) is -4.58. The van der Waals surface area contributed by atoms with Gasteiger partial charge < -0.3 is 9.47 Å². The summed E-state index contributed by atoms with van der Waals surface area (Å²) in [5.74, 6) is -1.29. The summed E-state index contributed by atoms with van der Waals surface area (Å²) in [6.45, 7) is -0.0358. The lowest BCUT2D eigenvalue weighted by atomic mass is 9.89. The van der Waals surface area contributed by atoms with Gasteiger partial charge in [-0.15, -0.1) is 0 Å². The van der Waals surface area contributed by atoms with E-state index in [-0.39, 0.29) is 32.0 Å². The summed E-state index contributed by atoms with van der Waals surface area (Å²) in [7, 11) is 5.60. The molecule has 0 aliphatic heterocycles. The molecule has 156 valence electrons. The molecule has 1 rings (SSSR count). The van der Waals surface area contributed by atoms with Crippen LogP contribution in [0.25, 0.3) is 0 Å². The van der Waals surface area contributed by atoms with Crippen molar-refractivity contribution >= 4 is 37.7 Å². The molecule has 0 aromatic heterocycles. The quantitative estimate of drug-likeness (QED) is 0.189. The smallest absolute Gasteiger partial charge is 0.402 e. The van der Waals surface area contributed by atoms with Crippen LogP contribution in [0.3, 0.4) is 0 Å². The molecule has 0 aliphatic carbocycles. The maximum absolute atomic E-state index is 12.9. The molecule has 1 aromatic carbocycles. The molecular formula is C17H20B2F2O7S. The summed E-state index contributed by atoms with van der Waals surface area (Å²) in [6.07, 6.45) is 0.441. The molecule has 1 N–H and O–H groups in total. The van der Waals surface area contributed by atoms with Gasteiger partial charge in [0.05, 0.1) is 15.7 Å². The average molecular weight is 428 g/mol. The highest BCUT2D eigenvalue weighted by atomic mass is 32.2. The summed E-state index contributed by atoms with van der Waals surface area (Å²) >= 11 is 0. The van der Waals surface area contributed by atoms with Crippen molar-refractivity contribution in [3.8, 4) is 5.75 Å². The Hall–Kier alpha value is -1.94. The van der Waals surface area contributed by atoms with Crippen molar-refractivity contribution in [2.75, 3.05) is 6.61 Å². The molecule has 4 radical (unpaired) electrons. The third-order valence-corrected chi connectivity index (χ3v) is 4.75. The van der Waals surface area contributed by atoms with Crippen molar-refractivity contribution < 1.29 is 40.8 Å². The zero-order chi connectivity index (χ0) is 22.2. The fraction of sp³-hybridized carbons (Fsp3) is 0.529. The average Bonchev–Trinajstić information content (AvgIpc) is 2.64. The van der Waals surface area contributed by atoms with Crippen molar-refractivity contribution in [2.24, 2.45) is 0 Å². The van der Waals surface area contributed by atoms with Gasteiger partial charge in [0, 0.05) is 12.8 Å². The van der Waals surface area contributed by atoms with Gasteiger partial charge in [0.1, 0.15) is 5.75 Å². The molecule has 0 aliphatic rings. The van der Waals surface area contributed by atoms with E-state index in [0.717, 1.165) is 5.56 Å². The van der Waals surface area contributed by atoms with Crippen molar-refractivity contribution in [3.05, 3.63) is 28.8 Å². The van der Waals surface area contributed by atoms with Gasteiger partial charge in [-0.25, -0.2) is 0 Å². The van der Waals surface area contributed by atoms with Crippen molar-refractivity contribution in [2.45, 2.75) is 50.5 Å². The number of aryl methyl sites for hydroxylation is 1. The number of alkyl halides is 2. The normalized spacial score (nSPS) is 11.9. The second-order valence-electron chi connectivity index (χ2n) is 6.26. The molecule has 0 bridgehead atoms. The van der Waals surface area contributed by atoms with Gasteiger partial charge >= 0.3 is 27.3 Å². The lowest BCUT2D eigenvalue weighted by Crippen LogP contribution is -2.34. The van der Waals surface area contributed by atoms with Gasteiger partial charge in [-0.1, -0.05) is 30.3 Å². The maximum atomic E-state index is 12.9. The predicted octanol–water partition coefficient (Wildman–Crippen LogP) is 1.82. The molecule has 0 atom stereocenters. The number of rotatable bonds is 11. The molecule has 1 aromatic rings. The Kier molecular flexibility index (Phi) is 9.28. The Labute approximate surface area is 170 Å². The van der Waals surface area contributed by atoms with Crippen LogP contribution in [0.2, 0.25) is 0 Å². The highest BCUT2D eigenvalue weighted by Gasteiger charge is 2.45. The van der Waals surface area contributed by atoms with Crippen LogP contribution in [0.1, 0.15) is 42.4 Å². The first-order valence-corrected chi connectivity index (χ1v) is 10.1. The number of hydrogen-bond donors (Lipinski definition) is 1. The maximum Gasteiger partial charge on any atom is 0.402 e. The highest BCUT2D eigenvalue weighted by molar-refractivity contribution is 7.86. The van der Waals surface area contributed by atoms with Gasteiger partial charge in [0.25, 0.3) is 0 Å². The van der Waals surface area contributed by atoms with E-state index in [0.29, 0.717) is 23.2 Å². The van der Waals surface area contributed by atoms with E-state index in [1.807, 2.05) is 0 Å². The largest absolute Gasteiger partial charge is 0.458 e. The molecule has 0 saturated heterocycles. The monoisotopic (exact) mass is 428 g/mol. The van der Waals surface area contributed by atoms with E-state index in [1.54, 1.807) is 19.1 Å². The van der Waals surface area contributed by atoms with Gasteiger partial charge in [0.2, 0.25) is 0 Å². The second kappa shape index (κ2) is 10.7. The minimum atomic E-state index is -5.67. The van der Waals surface area contributed by atoms with Crippen LogP contribution < -0.4 is 4.74 Å². The molecule has 0 amide bonds. The van der Waals surface area contributed by atoms with E-state index in [2.05, 4.69) is 4.74 Å². The molecular weight excluding hydrogens is 408 g/mol. The number of halogens is 2. The zero-order valence-electron chi connectivity index (χ0n) is 15.8. The van der Waals surface area contributed by atoms with Gasteiger partial charge in [-0.3, -0.25) is 14.1 Å². The molecule has 12 heteroatoms. The third kappa shape index (κ3) is 7.77. The summed E-state index contributed by atoms with van der Waals surface area (Å²) in [6, 6.07) is 3.52. The van der Waals surface area contributed by atoms with E-state index < -0.39 is 33.9 Å². The summed E-state index contributed by atoms with van der Waals surface area (Å²) in [4.78, 5) is 23.4. The first-order valence-electron chi connectivity index (χ1n) is 8.65. The second-order valence-corrected chi connectivity index (χ2v) is 7.81. The molecule has 0 fully saturated rings. The molecule has 7 nitrogen and oxygen atoms in total. The number of esters is 2. The number of carbonyl (C=O) groups is 2. The van der Waals surface area contributed by atoms with Crippen LogP contribution in [-0.2, 0) is 37.1 Å². The summed E-state index contributed by atoms with van der Waals surface area (Å²) in [5.41, 5.74) is 2.17. The van der Waals surface area contributed by atoms with Crippen LogP contribution >= 0.6 is 0 Å². The van der Waals surface area contributed by atoms with Crippen LogP contribution in [0.5, 0.6) is 5.75 Å². The number of hydrogen-bond acceptors (Lipinski definition) is 6. The molecule has 0 heterocycles. The van der Waals surface area contributed by atoms with E-state index in [1.165, 1.54) is 0 Å². The van der Waals surface area contributed by atoms with Crippen molar-refractivity contribution in [1.29, 1.82) is 0 Å². The standard InChI is InChI=1S/C17H20B2F2O7S/c1-11-6-12(8-18)7-13(9-19)16(11)28-15(23)5-3-2-4-14(22)27-10-17(20,21)29(24,25)26/h6-7H,2-5,8-10H2,1H3,(H,24,25,26). The third-order valence-electron chi connectivity index (χ3n) is 3.87. The van der Waals surface area contributed by atoms with Gasteiger partial charge in [0.15, 0.2) is 6.61 Å². The summed E-state index contributed by atoms with van der Waals surface area (Å²) < 4.78 is 64.5. The molecule has 0 saturated carbocycles. The minimum Gasteiger partial charge on any atom is -0.458 e. The van der Waals surface area contributed by atoms with Gasteiger partial charge in [-0.05, 0) is 30.9 Å². The SMILES string of the molecule is [B]Cc1cc(C)c(OC(=O)CCCCC(=O)OCC(F)(F)S(=O)(=O)O)c(C[B])c1. The highest BCUT2D eigenvalue weighted by Crippen LogP contribution is 2.26. The Morgan fingerprint density at radius 3 is 2.21 bits per heavy atom. The van der Waals surface area contributed by atoms with E-state index in [9.17, 15) is 26.8 Å². The van der Waals surface area contributed by atoms with Crippen LogP contribution in [0.15, 0.2) is 12.1 Å². The Morgan fingerprint density at radius 1 is 1.10 bits per heavy atom. The number of ether oxygens (including phenoxy) is 2. The fourth-order valence-electron chi connectivity index (χ4n) is 2.36. The van der Waals surface area contributed by atoms with Gasteiger partial charge in [-0.2, -0.15) is 17.2 Å². The van der Waals surface area contributed by atoms with E-state index >= 15 is 0 Å². The fourth-order valence-corrected chi connectivity index (χ4v) is 2.57. The lowest BCUT2D eigenvalue weighted by molar-refractivity contribution is -0.150. The minimum absolute atomic E-state index is 0.0451. The first-order chi connectivity index (χ1) is 13.4. The van der Waals surface area contributed by atoms with Crippen molar-refractivity contribution in [1.82, 2.24) is 0 Å². The first kappa shape index (κ1) is 25.1.